The minimum atomic E-state index is 0.889. The summed E-state index contributed by atoms with van der Waals surface area (Å²) in [5.74, 6) is 0. The number of hydrogen-bond donors (Lipinski definition) is 0. The van der Waals surface area contributed by atoms with Gasteiger partial charge in [0.25, 0.3) is 0 Å². The zero-order valence-electron chi connectivity index (χ0n) is 34.1. The maximum absolute atomic E-state index is 7.19. The molecule has 14 rings (SSSR count). The second-order valence-electron chi connectivity index (χ2n) is 16.1. The van der Waals surface area contributed by atoms with Crippen molar-refractivity contribution in [3.63, 3.8) is 0 Å². The summed E-state index contributed by atoms with van der Waals surface area (Å²) >= 11 is 0. The number of fused-ring (bicyclic) bond motifs is 17. The fourth-order valence-electron chi connectivity index (χ4n) is 10.2. The van der Waals surface area contributed by atoms with E-state index >= 15 is 0 Å². The number of aromatic nitrogens is 3. The van der Waals surface area contributed by atoms with Crippen molar-refractivity contribution >= 4 is 109 Å². The van der Waals surface area contributed by atoms with Crippen molar-refractivity contribution in [1.82, 2.24) is 13.7 Å². The predicted octanol–water partition coefficient (Wildman–Crippen LogP) is 16.1. The highest BCUT2D eigenvalue weighted by molar-refractivity contribution is 6.29. The van der Waals surface area contributed by atoms with Crippen LogP contribution in [0.3, 0.4) is 0 Å². The molecular weight excluding hydrogens is 771 g/mol. The highest BCUT2D eigenvalue weighted by Gasteiger charge is 2.24. The van der Waals surface area contributed by atoms with Crippen LogP contribution in [-0.2, 0) is 0 Å². The number of hydrogen-bond acceptors (Lipinski definition) is 2. The number of furan rings is 2. The van der Waals surface area contributed by atoms with E-state index in [9.17, 15) is 0 Å². The Morgan fingerprint density at radius 3 is 1.46 bits per heavy atom. The largest absolute Gasteiger partial charge is 0.455 e. The number of allylic oxidation sites excluding steroid dienone is 2. The molecule has 63 heavy (non-hydrogen) atoms. The molecule has 0 aliphatic carbocycles. The molecule has 0 saturated carbocycles. The summed E-state index contributed by atoms with van der Waals surface area (Å²) in [6, 6.07) is 67.3. The zero-order valence-corrected chi connectivity index (χ0v) is 34.1. The Bertz CT molecular complexity index is 4180. The van der Waals surface area contributed by atoms with Crippen molar-refractivity contribution in [2.75, 3.05) is 0 Å². The Hall–Kier alpha value is -8.54. The Morgan fingerprint density at radius 2 is 0.810 bits per heavy atom. The molecule has 5 nitrogen and oxygen atoms in total. The van der Waals surface area contributed by atoms with Gasteiger partial charge >= 0.3 is 0 Å². The molecule has 0 spiro atoms. The van der Waals surface area contributed by atoms with Crippen LogP contribution in [0, 0.1) is 0 Å². The molecule has 0 saturated heterocycles. The summed E-state index contributed by atoms with van der Waals surface area (Å²) in [7, 11) is 0. The topological polar surface area (TPSA) is 41.1 Å². The molecule has 9 aromatic carbocycles. The Labute approximate surface area is 360 Å². The molecular formula is C58H37N3O2. The average Bonchev–Trinajstić information content (AvgIpc) is 4.15. The lowest BCUT2D eigenvalue weighted by molar-refractivity contribution is 0.666. The van der Waals surface area contributed by atoms with E-state index in [2.05, 4.69) is 203 Å². The van der Waals surface area contributed by atoms with Gasteiger partial charge in [-0.05, 0) is 84.9 Å². The normalized spacial score (nSPS) is 11.9. The van der Waals surface area contributed by atoms with E-state index in [1.165, 1.54) is 16.2 Å². The Morgan fingerprint density at radius 1 is 0.317 bits per heavy atom. The van der Waals surface area contributed by atoms with Crippen molar-refractivity contribution in [3.05, 3.63) is 213 Å². The van der Waals surface area contributed by atoms with Crippen molar-refractivity contribution in [1.29, 1.82) is 0 Å². The SMILES string of the molecule is C=CC=C.c1ccc(-n2c3ccccc3c3c4oc5c(ccc6c5c5ccccc5n6-c5ccc6c(c5)c5ccccc5n6-c5cccc6c5oc5ccccc56)c4ccc32)cc1. The first-order valence-electron chi connectivity index (χ1n) is 21.3. The zero-order chi connectivity index (χ0) is 41.8. The number of nitrogens with zero attached hydrogens (tertiary/aromatic N) is 3. The molecule has 0 amide bonds. The molecule has 5 heterocycles. The first-order chi connectivity index (χ1) is 31.2. The van der Waals surface area contributed by atoms with Crippen LogP contribution < -0.4 is 0 Å². The summed E-state index contributed by atoms with van der Waals surface area (Å²) in [5, 5.41) is 11.4. The van der Waals surface area contributed by atoms with Gasteiger partial charge in [-0.25, -0.2) is 0 Å². The van der Waals surface area contributed by atoms with Crippen molar-refractivity contribution < 1.29 is 8.83 Å². The highest BCUT2D eigenvalue weighted by Crippen LogP contribution is 2.46. The van der Waals surface area contributed by atoms with Gasteiger partial charge < -0.3 is 22.5 Å². The molecule has 0 fully saturated rings. The van der Waals surface area contributed by atoms with Crippen LogP contribution in [0.15, 0.2) is 222 Å². The van der Waals surface area contributed by atoms with Gasteiger partial charge in [0.15, 0.2) is 5.58 Å². The standard InChI is InChI=1S/C54H31N3O2.C4H6/c1-2-13-32(14-3-1)55-43-21-9-5-17-39(43)50-46(55)29-26-37-38-27-30-47-51(54(38)59-53(37)50)40-18-6-10-22-44(40)56(47)33-25-28-45-41(31-33)34-15-4-8-20-42(34)57(45)48-23-12-19-36-35-16-7-11-24-49(35)58-52(36)48;1-3-4-2/h1-31H;3-4H,1-2H2. The van der Waals surface area contributed by atoms with Crippen molar-refractivity contribution in [2.45, 2.75) is 0 Å². The maximum Gasteiger partial charge on any atom is 0.159 e. The Kier molecular flexibility index (Phi) is 7.54. The smallest absolute Gasteiger partial charge is 0.159 e. The lowest BCUT2D eigenvalue weighted by Gasteiger charge is -2.10. The van der Waals surface area contributed by atoms with Gasteiger partial charge in [0.05, 0.1) is 49.6 Å². The van der Waals surface area contributed by atoms with Gasteiger partial charge in [0.2, 0.25) is 0 Å². The van der Waals surface area contributed by atoms with Gasteiger partial charge in [-0.3, -0.25) is 0 Å². The molecule has 0 unspecified atom stereocenters. The van der Waals surface area contributed by atoms with Crippen molar-refractivity contribution in [2.24, 2.45) is 0 Å². The van der Waals surface area contributed by atoms with E-state index < -0.39 is 0 Å². The van der Waals surface area contributed by atoms with Crippen LogP contribution in [0.1, 0.15) is 0 Å². The van der Waals surface area contributed by atoms with Crippen LogP contribution in [0.4, 0.5) is 0 Å². The highest BCUT2D eigenvalue weighted by atomic mass is 16.3. The van der Waals surface area contributed by atoms with Gasteiger partial charge in [-0.2, -0.15) is 0 Å². The molecule has 5 heteroatoms. The fourth-order valence-corrected chi connectivity index (χ4v) is 10.2. The van der Waals surface area contributed by atoms with Crippen LogP contribution in [0.2, 0.25) is 0 Å². The lowest BCUT2D eigenvalue weighted by Crippen LogP contribution is -1.96. The van der Waals surface area contributed by atoms with Crippen molar-refractivity contribution in [3.8, 4) is 17.1 Å². The molecule has 5 aromatic heterocycles. The van der Waals surface area contributed by atoms with Gasteiger partial charge in [0.1, 0.15) is 16.7 Å². The average molecular weight is 808 g/mol. The van der Waals surface area contributed by atoms with Crippen LogP contribution in [0.5, 0.6) is 0 Å². The summed E-state index contributed by atoms with van der Waals surface area (Å²) in [4.78, 5) is 0. The monoisotopic (exact) mass is 807 g/mol. The van der Waals surface area contributed by atoms with Crippen LogP contribution in [0.25, 0.3) is 126 Å². The van der Waals surface area contributed by atoms with E-state index in [0.717, 1.165) is 110 Å². The molecule has 14 aromatic rings. The third-order valence-electron chi connectivity index (χ3n) is 12.8. The number of rotatable bonds is 4. The first-order valence-corrected chi connectivity index (χ1v) is 21.3. The van der Waals surface area contributed by atoms with Gasteiger partial charge in [-0.15, -0.1) is 0 Å². The van der Waals surface area contributed by atoms with Gasteiger partial charge in [-0.1, -0.05) is 128 Å². The molecule has 0 aliphatic heterocycles. The lowest BCUT2D eigenvalue weighted by atomic mass is 10.1. The Balaban J connectivity index is 0.000000967. The molecule has 296 valence electrons. The molecule has 0 bridgehead atoms. The van der Waals surface area contributed by atoms with E-state index in [0.29, 0.717) is 0 Å². The molecule has 0 aliphatic rings. The fraction of sp³-hybridized carbons (Fsp3) is 0. The predicted molar refractivity (Wildman–Crippen MR) is 264 cm³/mol. The number of para-hydroxylation sites is 6. The summed E-state index contributed by atoms with van der Waals surface area (Å²) in [5.41, 5.74) is 13.7. The van der Waals surface area contributed by atoms with Crippen LogP contribution >= 0.6 is 0 Å². The van der Waals surface area contributed by atoms with Gasteiger partial charge in [0, 0.05) is 54.5 Å². The van der Waals surface area contributed by atoms with E-state index in [1.807, 2.05) is 12.1 Å². The molecule has 0 N–H and O–H groups in total. The maximum atomic E-state index is 7.19. The summed E-state index contributed by atoms with van der Waals surface area (Å²) in [6.07, 6.45) is 3.28. The quantitative estimate of drug-likeness (QED) is 0.166. The minimum Gasteiger partial charge on any atom is -0.455 e. The number of benzene rings is 9. The minimum absolute atomic E-state index is 0.889. The third kappa shape index (κ3) is 4.93. The molecule has 0 radical (unpaired) electrons. The van der Waals surface area contributed by atoms with E-state index in [-0.39, 0.29) is 0 Å². The summed E-state index contributed by atoms with van der Waals surface area (Å²) in [6.45, 7) is 6.72. The van der Waals surface area contributed by atoms with E-state index in [1.54, 1.807) is 12.2 Å². The molecule has 0 atom stereocenters. The van der Waals surface area contributed by atoms with E-state index in [4.69, 9.17) is 8.83 Å². The third-order valence-corrected chi connectivity index (χ3v) is 12.8. The summed E-state index contributed by atoms with van der Waals surface area (Å²) < 4.78 is 20.9. The second kappa shape index (κ2) is 13.5. The first kappa shape index (κ1) is 35.2. The second-order valence-corrected chi connectivity index (χ2v) is 16.1. The van der Waals surface area contributed by atoms with Crippen LogP contribution in [-0.4, -0.2) is 13.7 Å².